The zero-order valence-electron chi connectivity index (χ0n) is 10.5. The van der Waals surface area contributed by atoms with Crippen LogP contribution in [-0.4, -0.2) is 30.6 Å². The fraction of sp³-hybridized carbons (Fsp3) is 0.818. The molecule has 1 aliphatic rings. The molecule has 1 fully saturated rings. The third-order valence-corrected chi connectivity index (χ3v) is 4.27. The molecule has 0 radical (unpaired) electrons. The minimum Gasteiger partial charge on any atom is -0.338 e. The molecule has 102 valence electrons. The van der Waals surface area contributed by atoms with E-state index in [4.69, 9.17) is 10.3 Å². The monoisotopic (exact) mass is 273 g/mol. The van der Waals surface area contributed by atoms with Crippen molar-refractivity contribution in [2.24, 2.45) is 5.73 Å². The molecule has 1 heterocycles. The van der Waals surface area contributed by atoms with Gasteiger partial charge in [0.1, 0.15) is 9.84 Å². The summed E-state index contributed by atoms with van der Waals surface area (Å²) in [6.07, 6.45) is 6.10. The molecule has 7 heteroatoms. The summed E-state index contributed by atoms with van der Waals surface area (Å²) in [5.41, 5.74) is 5.85. The molecule has 0 amide bonds. The van der Waals surface area contributed by atoms with Gasteiger partial charge in [-0.1, -0.05) is 18.0 Å². The lowest BCUT2D eigenvalue weighted by atomic mass is 10.1. The molecular weight excluding hydrogens is 254 g/mol. The van der Waals surface area contributed by atoms with E-state index in [1.165, 1.54) is 19.1 Å². The fourth-order valence-electron chi connectivity index (χ4n) is 2.21. The van der Waals surface area contributed by atoms with Gasteiger partial charge in [0.2, 0.25) is 5.89 Å². The van der Waals surface area contributed by atoms with Crippen LogP contribution in [0, 0.1) is 0 Å². The first-order valence-electron chi connectivity index (χ1n) is 6.22. The van der Waals surface area contributed by atoms with Crippen LogP contribution in [0.4, 0.5) is 0 Å². The average molecular weight is 273 g/mol. The van der Waals surface area contributed by atoms with E-state index in [-0.39, 0.29) is 5.75 Å². The van der Waals surface area contributed by atoms with Gasteiger partial charge in [-0.25, -0.2) is 8.42 Å². The lowest BCUT2D eigenvalue weighted by molar-refractivity contribution is 0.346. The maximum Gasteiger partial charge on any atom is 0.243 e. The third-order valence-electron chi connectivity index (χ3n) is 3.29. The minimum atomic E-state index is -3.01. The molecule has 2 N–H and O–H groups in total. The highest BCUT2D eigenvalue weighted by atomic mass is 32.2. The van der Waals surface area contributed by atoms with Gasteiger partial charge in [0, 0.05) is 12.2 Å². The molecule has 1 aliphatic carbocycles. The van der Waals surface area contributed by atoms with E-state index in [1.54, 1.807) is 0 Å². The maximum absolute atomic E-state index is 11.1. The number of nitrogens with two attached hydrogens (primary N) is 1. The normalized spacial score (nSPS) is 19.2. The van der Waals surface area contributed by atoms with Crippen LogP contribution in [0.15, 0.2) is 4.52 Å². The van der Waals surface area contributed by atoms with Crippen LogP contribution < -0.4 is 5.73 Å². The van der Waals surface area contributed by atoms with E-state index in [2.05, 4.69) is 10.1 Å². The summed E-state index contributed by atoms with van der Waals surface area (Å²) in [4.78, 5) is 4.30. The smallest absolute Gasteiger partial charge is 0.243 e. The molecule has 18 heavy (non-hydrogen) atoms. The first-order chi connectivity index (χ1) is 8.46. The Bertz CT molecular complexity index is 491. The molecular formula is C11H19N3O3S. The molecule has 0 aromatic carbocycles. The largest absolute Gasteiger partial charge is 0.338 e. The fourth-order valence-corrected chi connectivity index (χ4v) is 2.89. The Morgan fingerprint density at radius 3 is 2.72 bits per heavy atom. The summed E-state index contributed by atoms with van der Waals surface area (Å²) in [5, 5.41) is 3.95. The molecule has 0 spiro atoms. The van der Waals surface area contributed by atoms with Crippen molar-refractivity contribution in [1.82, 2.24) is 10.1 Å². The third kappa shape index (κ3) is 3.52. The second kappa shape index (κ2) is 5.36. The van der Waals surface area contributed by atoms with Crippen molar-refractivity contribution in [3.05, 3.63) is 11.7 Å². The summed E-state index contributed by atoms with van der Waals surface area (Å²) in [6.45, 7) is 0. The molecule has 0 bridgehead atoms. The first kappa shape index (κ1) is 13.5. The van der Waals surface area contributed by atoms with Crippen molar-refractivity contribution < 1.29 is 12.9 Å². The van der Waals surface area contributed by atoms with Crippen molar-refractivity contribution in [3.8, 4) is 0 Å². The zero-order valence-corrected chi connectivity index (χ0v) is 11.3. The SMILES string of the molecule is CS(=O)(=O)CC[C@H](N)c1nc(C2CCCC2)no1. The number of aromatic nitrogens is 2. The van der Waals surface area contributed by atoms with Crippen LogP contribution in [0.1, 0.15) is 55.8 Å². The number of sulfone groups is 1. The van der Waals surface area contributed by atoms with E-state index in [1.807, 2.05) is 0 Å². The lowest BCUT2D eigenvalue weighted by Gasteiger charge is -2.05. The van der Waals surface area contributed by atoms with Crippen LogP contribution in [0.3, 0.4) is 0 Å². The van der Waals surface area contributed by atoms with E-state index in [9.17, 15) is 8.42 Å². The summed E-state index contributed by atoms with van der Waals surface area (Å²) >= 11 is 0. The van der Waals surface area contributed by atoms with Gasteiger partial charge in [-0.15, -0.1) is 0 Å². The highest BCUT2D eigenvalue weighted by Gasteiger charge is 2.24. The van der Waals surface area contributed by atoms with Gasteiger partial charge in [-0.2, -0.15) is 4.98 Å². The van der Waals surface area contributed by atoms with Gasteiger partial charge in [0.05, 0.1) is 11.8 Å². The van der Waals surface area contributed by atoms with E-state index in [0.29, 0.717) is 18.2 Å². The molecule has 6 nitrogen and oxygen atoms in total. The van der Waals surface area contributed by atoms with Crippen molar-refractivity contribution in [1.29, 1.82) is 0 Å². The highest BCUT2D eigenvalue weighted by molar-refractivity contribution is 7.90. The predicted octanol–water partition coefficient (Wildman–Crippen LogP) is 1.16. The van der Waals surface area contributed by atoms with E-state index >= 15 is 0 Å². The van der Waals surface area contributed by atoms with Gasteiger partial charge in [-0.3, -0.25) is 0 Å². The minimum absolute atomic E-state index is 0.0370. The van der Waals surface area contributed by atoms with E-state index < -0.39 is 15.9 Å². The Hall–Kier alpha value is -0.950. The quantitative estimate of drug-likeness (QED) is 0.864. The molecule has 1 aromatic heterocycles. The predicted molar refractivity (Wildman–Crippen MR) is 66.8 cm³/mol. The molecule has 2 rings (SSSR count). The molecule has 0 saturated heterocycles. The van der Waals surface area contributed by atoms with E-state index in [0.717, 1.165) is 18.7 Å². The Balaban J connectivity index is 1.96. The van der Waals surface area contributed by atoms with Gasteiger partial charge >= 0.3 is 0 Å². The number of hydrogen-bond donors (Lipinski definition) is 1. The Morgan fingerprint density at radius 2 is 2.11 bits per heavy atom. The first-order valence-corrected chi connectivity index (χ1v) is 8.28. The van der Waals surface area contributed by atoms with Crippen LogP contribution in [0.2, 0.25) is 0 Å². The maximum atomic E-state index is 11.1. The summed E-state index contributed by atoms with van der Waals surface area (Å²) < 4.78 is 27.2. The van der Waals surface area contributed by atoms with Gasteiger partial charge in [-0.05, 0) is 19.3 Å². The molecule has 1 atom stereocenters. The molecule has 0 unspecified atom stereocenters. The summed E-state index contributed by atoms with van der Waals surface area (Å²) in [5.74, 6) is 1.48. The van der Waals surface area contributed by atoms with Crippen molar-refractivity contribution >= 4 is 9.84 Å². The summed E-state index contributed by atoms with van der Waals surface area (Å²) in [6, 6.07) is -0.498. The molecule has 1 saturated carbocycles. The van der Waals surface area contributed by atoms with Crippen LogP contribution >= 0.6 is 0 Å². The second-order valence-corrected chi connectivity index (χ2v) is 7.26. The van der Waals surface area contributed by atoms with Crippen molar-refractivity contribution in [2.45, 2.75) is 44.1 Å². The van der Waals surface area contributed by atoms with Crippen molar-refractivity contribution in [2.75, 3.05) is 12.0 Å². The van der Waals surface area contributed by atoms with Gasteiger partial charge in [0.15, 0.2) is 5.82 Å². The van der Waals surface area contributed by atoms with Gasteiger partial charge in [0.25, 0.3) is 0 Å². The number of hydrogen-bond acceptors (Lipinski definition) is 6. The lowest BCUT2D eigenvalue weighted by Crippen LogP contribution is -2.16. The Morgan fingerprint density at radius 1 is 1.44 bits per heavy atom. The summed E-state index contributed by atoms with van der Waals surface area (Å²) in [7, 11) is -3.01. The van der Waals surface area contributed by atoms with Crippen LogP contribution in [0.5, 0.6) is 0 Å². The van der Waals surface area contributed by atoms with Gasteiger partial charge < -0.3 is 10.3 Å². The number of nitrogens with zero attached hydrogens (tertiary/aromatic N) is 2. The number of rotatable bonds is 5. The van der Waals surface area contributed by atoms with Crippen LogP contribution in [-0.2, 0) is 9.84 Å². The topological polar surface area (TPSA) is 99.1 Å². The highest BCUT2D eigenvalue weighted by Crippen LogP contribution is 2.32. The standard InChI is InChI=1S/C11H19N3O3S/c1-18(15,16)7-6-9(12)11-13-10(14-17-11)8-4-2-3-5-8/h8-9H,2-7,12H2,1H3/t9-/m0/s1. The average Bonchev–Trinajstić information content (AvgIpc) is 2.94. The second-order valence-electron chi connectivity index (χ2n) is 5.00. The van der Waals surface area contributed by atoms with Crippen LogP contribution in [0.25, 0.3) is 0 Å². The Kier molecular flexibility index (Phi) is 4.01. The molecule has 0 aliphatic heterocycles. The molecule has 1 aromatic rings. The Labute approximate surface area is 107 Å². The zero-order chi connectivity index (χ0) is 13.2. The van der Waals surface area contributed by atoms with Crippen molar-refractivity contribution in [3.63, 3.8) is 0 Å².